The van der Waals surface area contributed by atoms with Crippen LogP contribution in [-0.2, 0) is 0 Å². The zero-order valence-electron chi connectivity index (χ0n) is 17.5. The highest BCUT2D eigenvalue weighted by Crippen LogP contribution is 2.40. The highest BCUT2D eigenvalue weighted by molar-refractivity contribution is 6.16. The summed E-state index contributed by atoms with van der Waals surface area (Å²) in [7, 11) is 0. The summed E-state index contributed by atoms with van der Waals surface area (Å²) in [5.74, 6) is 0. The van der Waals surface area contributed by atoms with Crippen LogP contribution < -0.4 is 11.5 Å². The van der Waals surface area contributed by atoms with Crippen molar-refractivity contribution in [2.24, 2.45) is 0 Å². The van der Waals surface area contributed by atoms with Crippen molar-refractivity contribution in [3.05, 3.63) is 109 Å². The molecule has 0 heterocycles. The van der Waals surface area contributed by atoms with Gasteiger partial charge in [-0.2, -0.15) is 0 Å². The number of fused-ring (bicyclic) bond motifs is 4. The van der Waals surface area contributed by atoms with Crippen molar-refractivity contribution in [2.75, 3.05) is 11.5 Å². The van der Waals surface area contributed by atoms with Crippen molar-refractivity contribution in [3.63, 3.8) is 0 Å². The molecule has 6 aromatic carbocycles. The Morgan fingerprint density at radius 3 is 1.94 bits per heavy atom. The van der Waals surface area contributed by atoms with E-state index in [1.165, 1.54) is 37.9 Å². The van der Waals surface area contributed by atoms with Crippen molar-refractivity contribution in [1.82, 2.24) is 0 Å². The molecule has 0 fully saturated rings. The summed E-state index contributed by atoms with van der Waals surface area (Å²) in [5.41, 5.74) is 18.3. The summed E-state index contributed by atoms with van der Waals surface area (Å²) in [6.45, 7) is 0. The minimum Gasteiger partial charge on any atom is -0.399 e. The van der Waals surface area contributed by atoms with E-state index in [0.717, 1.165) is 28.1 Å². The first kappa shape index (κ1) is 18.5. The summed E-state index contributed by atoms with van der Waals surface area (Å²) >= 11 is 0. The molecule has 6 aromatic rings. The quantitative estimate of drug-likeness (QED) is 0.175. The highest BCUT2D eigenvalue weighted by Gasteiger charge is 2.13. The van der Waals surface area contributed by atoms with Gasteiger partial charge in [-0.1, -0.05) is 72.8 Å². The predicted octanol–water partition coefficient (Wildman–Crippen LogP) is 7.64. The van der Waals surface area contributed by atoms with Gasteiger partial charge in [0.15, 0.2) is 0 Å². The molecule has 2 heteroatoms. The fourth-order valence-corrected chi connectivity index (χ4v) is 4.72. The molecular formula is C30H22N2. The van der Waals surface area contributed by atoms with E-state index < -0.39 is 0 Å². The standard InChI is InChI=1S/C30H22N2/c31-23-11-8-19(9-12-23)25-15-13-24(32)18-30(25)27-7-3-6-26-28(27)14-10-22-16-20-4-1-2-5-21(20)17-29(22)26/h1-18H,31-32H2. The smallest absolute Gasteiger partial charge is 0.0320 e. The van der Waals surface area contributed by atoms with E-state index in [-0.39, 0.29) is 0 Å². The van der Waals surface area contributed by atoms with Crippen LogP contribution >= 0.6 is 0 Å². The lowest BCUT2D eigenvalue weighted by Crippen LogP contribution is -1.92. The molecule has 2 nitrogen and oxygen atoms in total. The summed E-state index contributed by atoms with van der Waals surface area (Å²) in [6, 6.07) is 38.3. The number of nitrogens with two attached hydrogens (primary N) is 2. The molecular weight excluding hydrogens is 388 g/mol. The number of benzene rings is 6. The average molecular weight is 411 g/mol. The van der Waals surface area contributed by atoms with Crippen LogP contribution in [0.5, 0.6) is 0 Å². The molecule has 4 N–H and O–H groups in total. The lowest BCUT2D eigenvalue weighted by atomic mass is 9.89. The SMILES string of the molecule is Nc1ccc(-c2ccc(N)cc2-c2cccc3c2ccc2cc4ccccc4cc23)cc1. The first-order valence-corrected chi connectivity index (χ1v) is 10.8. The molecule has 0 aliphatic rings. The molecule has 32 heavy (non-hydrogen) atoms. The number of hydrogen-bond acceptors (Lipinski definition) is 2. The summed E-state index contributed by atoms with van der Waals surface area (Å²) in [5, 5.41) is 7.50. The lowest BCUT2D eigenvalue weighted by Gasteiger charge is -2.15. The third-order valence-electron chi connectivity index (χ3n) is 6.30. The molecule has 0 amide bonds. The Morgan fingerprint density at radius 2 is 1.12 bits per heavy atom. The number of anilines is 2. The van der Waals surface area contributed by atoms with Gasteiger partial charge in [0.25, 0.3) is 0 Å². The van der Waals surface area contributed by atoms with Gasteiger partial charge in [0.1, 0.15) is 0 Å². The topological polar surface area (TPSA) is 52.0 Å². The lowest BCUT2D eigenvalue weighted by molar-refractivity contribution is 1.59. The molecule has 0 atom stereocenters. The monoisotopic (exact) mass is 410 g/mol. The normalized spacial score (nSPS) is 11.4. The maximum absolute atomic E-state index is 6.24. The molecule has 0 aromatic heterocycles. The van der Waals surface area contributed by atoms with E-state index in [4.69, 9.17) is 11.5 Å². The molecule has 0 unspecified atom stereocenters. The third kappa shape index (κ3) is 2.97. The van der Waals surface area contributed by atoms with Crippen molar-refractivity contribution in [3.8, 4) is 22.3 Å². The summed E-state index contributed by atoms with van der Waals surface area (Å²) < 4.78 is 0. The van der Waals surface area contributed by atoms with Crippen molar-refractivity contribution >= 4 is 43.7 Å². The highest BCUT2D eigenvalue weighted by atomic mass is 14.5. The Balaban J connectivity index is 1.65. The van der Waals surface area contributed by atoms with E-state index in [1.807, 2.05) is 18.2 Å². The number of hydrogen-bond donors (Lipinski definition) is 2. The number of rotatable bonds is 2. The van der Waals surface area contributed by atoms with E-state index in [2.05, 4.69) is 91.0 Å². The first-order valence-electron chi connectivity index (χ1n) is 10.8. The zero-order chi connectivity index (χ0) is 21.7. The van der Waals surface area contributed by atoms with Crippen LogP contribution in [0, 0.1) is 0 Å². The van der Waals surface area contributed by atoms with Gasteiger partial charge < -0.3 is 11.5 Å². The van der Waals surface area contributed by atoms with Crippen LogP contribution in [0.3, 0.4) is 0 Å². The molecule has 152 valence electrons. The molecule has 0 bridgehead atoms. The molecule has 0 spiro atoms. The van der Waals surface area contributed by atoms with Crippen LogP contribution in [0.1, 0.15) is 0 Å². The largest absolute Gasteiger partial charge is 0.399 e. The van der Waals surface area contributed by atoms with E-state index in [1.54, 1.807) is 0 Å². The molecule has 0 saturated heterocycles. The third-order valence-corrected chi connectivity index (χ3v) is 6.30. The Hall–Kier alpha value is -4.30. The Kier molecular flexibility index (Phi) is 4.12. The second kappa shape index (κ2) is 7.14. The maximum Gasteiger partial charge on any atom is 0.0320 e. The average Bonchev–Trinajstić information content (AvgIpc) is 2.83. The van der Waals surface area contributed by atoms with Crippen LogP contribution in [0.15, 0.2) is 109 Å². The van der Waals surface area contributed by atoms with Crippen LogP contribution in [0.25, 0.3) is 54.6 Å². The van der Waals surface area contributed by atoms with Crippen molar-refractivity contribution in [2.45, 2.75) is 0 Å². The first-order chi connectivity index (χ1) is 15.7. The fourth-order valence-electron chi connectivity index (χ4n) is 4.72. The summed E-state index contributed by atoms with van der Waals surface area (Å²) in [4.78, 5) is 0. The molecule has 0 aliphatic heterocycles. The maximum atomic E-state index is 6.24. The van der Waals surface area contributed by atoms with Crippen LogP contribution in [0.4, 0.5) is 11.4 Å². The Labute approximate surface area is 186 Å². The molecule has 0 radical (unpaired) electrons. The Bertz CT molecular complexity index is 1630. The van der Waals surface area contributed by atoms with Gasteiger partial charge in [0.2, 0.25) is 0 Å². The van der Waals surface area contributed by atoms with Gasteiger partial charge in [0.05, 0.1) is 0 Å². The molecule has 0 saturated carbocycles. The summed E-state index contributed by atoms with van der Waals surface area (Å²) in [6.07, 6.45) is 0. The predicted molar refractivity (Wildman–Crippen MR) is 139 cm³/mol. The fraction of sp³-hybridized carbons (Fsp3) is 0. The number of nitrogen functional groups attached to an aromatic ring is 2. The van der Waals surface area contributed by atoms with E-state index in [9.17, 15) is 0 Å². The van der Waals surface area contributed by atoms with Gasteiger partial charge in [-0.25, -0.2) is 0 Å². The zero-order valence-corrected chi connectivity index (χ0v) is 17.5. The minimum atomic E-state index is 0.753. The van der Waals surface area contributed by atoms with E-state index in [0.29, 0.717) is 0 Å². The second-order valence-corrected chi connectivity index (χ2v) is 8.31. The van der Waals surface area contributed by atoms with Crippen molar-refractivity contribution in [1.29, 1.82) is 0 Å². The van der Waals surface area contributed by atoms with Crippen molar-refractivity contribution < 1.29 is 0 Å². The van der Waals surface area contributed by atoms with Gasteiger partial charge in [-0.05, 0) is 91.0 Å². The van der Waals surface area contributed by atoms with Gasteiger partial charge >= 0.3 is 0 Å². The molecule has 6 rings (SSSR count). The van der Waals surface area contributed by atoms with E-state index >= 15 is 0 Å². The van der Waals surface area contributed by atoms with Gasteiger partial charge in [-0.3, -0.25) is 0 Å². The minimum absolute atomic E-state index is 0.753. The van der Waals surface area contributed by atoms with Gasteiger partial charge in [-0.15, -0.1) is 0 Å². The van der Waals surface area contributed by atoms with Crippen LogP contribution in [0.2, 0.25) is 0 Å². The molecule has 0 aliphatic carbocycles. The van der Waals surface area contributed by atoms with Gasteiger partial charge in [0, 0.05) is 11.4 Å². The Morgan fingerprint density at radius 1 is 0.375 bits per heavy atom. The van der Waals surface area contributed by atoms with Crippen LogP contribution in [-0.4, -0.2) is 0 Å². The second-order valence-electron chi connectivity index (χ2n) is 8.31.